The molecule has 2 atom stereocenters. The van der Waals surface area contributed by atoms with E-state index in [1.807, 2.05) is 0 Å². The molecule has 0 saturated carbocycles. The van der Waals surface area contributed by atoms with Crippen molar-refractivity contribution in [2.45, 2.75) is 58.7 Å². The monoisotopic (exact) mass is 185 g/mol. The number of piperidine rings is 1. The van der Waals surface area contributed by atoms with Crippen molar-refractivity contribution in [3.8, 4) is 0 Å². The molecule has 0 amide bonds. The summed E-state index contributed by atoms with van der Waals surface area (Å²) in [7, 11) is 0. The van der Waals surface area contributed by atoms with E-state index in [0.717, 1.165) is 6.61 Å². The Morgan fingerprint density at radius 1 is 1.46 bits per heavy atom. The predicted molar refractivity (Wildman–Crippen MR) is 56.0 cm³/mol. The van der Waals surface area contributed by atoms with Gasteiger partial charge in [-0.05, 0) is 40.5 Å². The highest BCUT2D eigenvalue weighted by molar-refractivity contribution is 4.81. The summed E-state index contributed by atoms with van der Waals surface area (Å²) in [5.74, 6) is 0. The van der Waals surface area contributed by atoms with Crippen LogP contribution in [-0.2, 0) is 4.74 Å². The predicted octanol–water partition coefficient (Wildman–Crippen LogP) is 2.28. The molecule has 13 heavy (non-hydrogen) atoms. The van der Waals surface area contributed by atoms with Crippen LogP contribution in [0.5, 0.6) is 0 Å². The smallest absolute Gasteiger partial charge is 0.0602 e. The van der Waals surface area contributed by atoms with Crippen molar-refractivity contribution in [1.82, 2.24) is 4.90 Å². The first-order valence-corrected chi connectivity index (χ1v) is 5.52. The van der Waals surface area contributed by atoms with Crippen molar-refractivity contribution >= 4 is 0 Å². The maximum atomic E-state index is 5.65. The second kappa shape index (κ2) is 4.97. The topological polar surface area (TPSA) is 12.5 Å². The van der Waals surface area contributed by atoms with Crippen LogP contribution in [0, 0.1) is 0 Å². The molecular formula is C11H23NO. The Morgan fingerprint density at radius 3 is 2.62 bits per heavy atom. The third kappa shape index (κ3) is 2.96. The van der Waals surface area contributed by atoms with Crippen molar-refractivity contribution < 1.29 is 4.74 Å². The molecule has 0 aromatic heterocycles. The zero-order valence-corrected chi connectivity index (χ0v) is 9.42. The highest BCUT2D eigenvalue weighted by atomic mass is 16.5. The molecule has 0 aliphatic carbocycles. The van der Waals surface area contributed by atoms with Crippen molar-refractivity contribution in [1.29, 1.82) is 0 Å². The van der Waals surface area contributed by atoms with Gasteiger partial charge in [0.15, 0.2) is 0 Å². The van der Waals surface area contributed by atoms with Gasteiger partial charge in [0.05, 0.1) is 6.10 Å². The van der Waals surface area contributed by atoms with Crippen LogP contribution in [0.3, 0.4) is 0 Å². The molecule has 0 N–H and O–H groups in total. The van der Waals surface area contributed by atoms with E-state index >= 15 is 0 Å². The fourth-order valence-corrected chi connectivity index (χ4v) is 2.30. The lowest BCUT2D eigenvalue weighted by molar-refractivity contribution is -0.0150. The highest BCUT2D eigenvalue weighted by Gasteiger charge is 2.26. The first-order valence-electron chi connectivity index (χ1n) is 5.52. The third-order valence-corrected chi connectivity index (χ3v) is 2.95. The Hall–Kier alpha value is -0.0800. The number of likely N-dealkylation sites (tertiary alicyclic amines) is 1. The number of ether oxygens (including phenoxy) is 1. The van der Waals surface area contributed by atoms with Gasteiger partial charge in [-0.2, -0.15) is 0 Å². The van der Waals surface area contributed by atoms with Crippen molar-refractivity contribution in [3.05, 3.63) is 0 Å². The molecule has 1 aliphatic rings. The van der Waals surface area contributed by atoms with Gasteiger partial charge in [-0.25, -0.2) is 0 Å². The number of rotatable bonds is 3. The van der Waals surface area contributed by atoms with E-state index in [1.165, 1.54) is 19.4 Å². The Kier molecular flexibility index (Phi) is 4.20. The van der Waals surface area contributed by atoms with E-state index in [9.17, 15) is 0 Å². The van der Waals surface area contributed by atoms with Crippen molar-refractivity contribution in [2.24, 2.45) is 0 Å². The van der Waals surface area contributed by atoms with Gasteiger partial charge in [-0.15, -0.1) is 0 Å². The van der Waals surface area contributed by atoms with Crippen LogP contribution in [0.1, 0.15) is 40.5 Å². The minimum absolute atomic E-state index is 0.509. The molecule has 2 nitrogen and oxygen atoms in total. The van der Waals surface area contributed by atoms with Gasteiger partial charge in [0, 0.05) is 25.2 Å². The highest BCUT2D eigenvalue weighted by Crippen LogP contribution is 2.21. The Bertz CT molecular complexity index is 147. The quantitative estimate of drug-likeness (QED) is 0.669. The maximum absolute atomic E-state index is 5.65. The summed E-state index contributed by atoms with van der Waals surface area (Å²) in [6.07, 6.45) is 2.91. The van der Waals surface area contributed by atoms with Gasteiger partial charge in [0.25, 0.3) is 0 Å². The second-order valence-electron chi connectivity index (χ2n) is 4.28. The zero-order valence-electron chi connectivity index (χ0n) is 9.42. The number of hydrogen-bond acceptors (Lipinski definition) is 2. The van der Waals surface area contributed by atoms with Crippen molar-refractivity contribution in [3.63, 3.8) is 0 Å². The molecule has 0 bridgehead atoms. The normalized spacial score (nSPS) is 31.2. The van der Waals surface area contributed by atoms with Gasteiger partial charge >= 0.3 is 0 Å². The van der Waals surface area contributed by atoms with E-state index in [4.69, 9.17) is 4.74 Å². The Balaban J connectivity index is 2.37. The van der Waals surface area contributed by atoms with E-state index < -0.39 is 0 Å². The zero-order chi connectivity index (χ0) is 9.84. The Morgan fingerprint density at radius 2 is 2.15 bits per heavy atom. The molecule has 0 aromatic carbocycles. The van der Waals surface area contributed by atoms with Gasteiger partial charge in [-0.3, -0.25) is 4.90 Å². The van der Waals surface area contributed by atoms with E-state index in [1.54, 1.807) is 0 Å². The number of hydrogen-bond donors (Lipinski definition) is 0. The molecule has 0 unspecified atom stereocenters. The molecule has 1 rings (SSSR count). The van der Waals surface area contributed by atoms with Crippen LogP contribution < -0.4 is 0 Å². The van der Waals surface area contributed by atoms with E-state index in [2.05, 4.69) is 32.6 Å². The summed E-state index contributed by atoms with van der Waals surface area (Å²) < 4.78 is 5.65. The average molecular weight is 185 g/mol. The number of nitrogens with zero attached hydrogens (tertiary/aromatic N) is 1. The molecule has 1 heterocycles. The largest absolute Gasteiger partial charge is 0.378 e. The minimum Gasteiger partial charge on any atom is -0.378 e. The van der Waals surface area contributed by atoms with E-state index in [0.29, 0.717) is 18.2 Å². The van der Waals surface area contributed by atoms with Crippen LogP contribution in [0.2, 0.25) is 0 Å². The summed E-state index contributed by atoms with van der Waals surface area (Å²) in [5, 5.41) is 0. The molecule has 0 spiro atoms. The van der Waals surface area contributed by atoms with Crippen LogP contribution in [0.15, 0.2) is 0 Å². The summed E-state index contributed by atoms with van der Waals surface area (Å²) in [5.41, 5.74) is 0. The van der Waals surface area contributed by atoms with Gasteiger partial charge in [-0.1, -0.05) is 0 Å². The van der Waals surface area contributed by atoms with Crippen LogP contribution in [0.4, 0.5) is 0 Å². The molecule has 1 saturated heterocycles. The minimum atomic E-state index is 0.509. The molecule has 1 fully saturated rings. The van der Waals surface area contributed by atoms with Crippen LogP contribution in [0.25, 0.3) is 0 Å². The van der Waals surface area contributed by atoms with Crippen LogP contribution in [-0.4, -0.2) is 36.2 Å². The Labute approximate surface area is 82.3 Å². The first kappa shape index (κ1) is 11.0. The standard InChI is InChI=1S/C11H23NO/c1-5-13-11-6-7-12(9(2)3)10(4)8-11/h9-11H,5-8H2,1-4H3/t10-,11-/m1/s1. The lowest BCUT2D eigenvalue weighted by atomic mass is 9.99. The van der Waals surface area contributed by atoms with Crippen molar-refractivity contribution in [2.75, 3.05) is 13.2 Å². The lowest BCUT2D eigenvalue weighted by Crippen LogP contribution is -2.46. The van der Waals surface area contributed by atoms with Gasteiger partial charge < -0.3 is 4.74 Å². The summed E-state index contributed by atoms with van der Waals surface area (Å²) in [4.78, 5) is 2.56. The molecule has 2 heteroatoms. The molecule has 78 valence electrons. The SMILES string of the molecule is CCO[C@@H]1CCN(C(C)C)[C@H](C)C1. The molecule has 0 radical (unpaired) electrons. The third-order valence-electron chi connectivity index (χ3n) is 2.95. The lowest BCUT2D eigenvalue weighted by Gasteiger charge is -2.39. The fraction of sp³-hybridized carbons (Fsp3) is 1.00. The molecule has 0 aromatic rings. The van der Waals surface area contributed by atoms with E-state index in [-0.39, 0.29) is 0 Å². The van der Waals surface area contributed by atoms with Crippen LogP contribution >= 0.6 is 0 Å². The van der Waals surface area contributed by atoms with Gasteiger partial charge in [0.1, 0.15) is 0 Å². The van der Waals surface area contributed by atoms with Gasteiger partial charge in [0.2, 0.25) is 0 Å². The molecular weight excluding hydrogens is 162 g/mol. The first-order chi connectivity index (χ1) is 6.15. The summed E-state index contributed by atoms with van der Waals surface area (Å²) in [6, 6.07) is 1.36. The molecule has 1 aliphatic heterocycles. The summed E-state index contributed by atoms with van der Waals surface area (Å²) >= 11 is 0. The average Bonchev–Trinajstić information content (AvgIpc) is 2.04. The maximum Gasteiger partial charge on any atom is 0.0602 e. The summed E-state index contributed by atoms with van der Waals surface area (Å²) in [6.45, 7) is 11.0. The second-order valence-corrected chi connectivity index (χ2v) is 4.28. The fourth-order valence-electron chi connectivity index (χ4n) is 2.30.